The molecule has 0 aliphatic carbocycles. The van der Waals surface area contributed by atoms with Crippen LogP contribution in [0.3, 0.4) is 0 Å². The summed E-state index contributed by atoms with van der Waals surface area (Å²) in [6.07, 6.45) is 4.50. The van der Waals surface area contributed by atoms with E-state index in [9.17, 15) is 14.4 Å². The molecule has 1 saturated heterocycles. The van der Waals surface area contributed by atoms with E-state index in [2.05, 4.69) is 0 Å². The first kappa shape index (κ1) is 11.8. The standard InChI is InChI=1S/C11H14N2O4/c14-9-3-4-10(15)13(9)8-5-11(16)17-12-6-1-2-7-12/h3-4H,1-2,5-8H2. The van der Waals surface area contributed by atoms with Crippen molar-refractivity contribution in [2.45, 2.75) is 19.3 Å². The highest BCUT2D eigenvalue weighted by molar-refractivity contribution is 6.12. The van der Waals surface area contributed by atoms with Gasteiger partial charge < -0.3 is 4.84 Å². The minimum absolute atomic E-state index is 0.0374. The van der Waals surface area contributed by atoms with Crippen molar-refractivity contribution < 1.29 is 19.2 Å². The van der Waals surface area contributed by atoms with Crippen molar-refractivity contribution in [3.05, 3.63) is 12.2 Å². The first-order valence-electron chi connectivity index (χ1n) is 5.66. The third-order valence-electron chi connectivity index (χ3n) is 2.74. The third-order valence-corrected chi connectivity index (χ3v) is 2.74. The van der Waals surface area contributed by atoms with Crippen molar-refractivity contribution in [2.75, 3.05) is 19.6 Å². The largest absolute Gasteiger partial charge is 0.368 e. The molecule has 2 amide bonds. The number of rotatable bonds is 4. The molecule has 92 valence electrons. The highest BCUT2D eigenvalue weighted by Crippen LogP contribution is 2.09. The van der Waals surface area contributed by atoms with E-state index in [1.807, 2.05) is 0 Å². The maximum Gasteiger partial charge on any atom is 0.326 e. The van der Waals surface area contributed by atoms with Crippen molar-refractivity contribution >= 4 is 17.8 Å². The van der Waals surface area contributed by atoms with E-state index in [4.69, 9.17) is 4.84 Å². The molecule has 0 atom stereocenters. The van der Waals surface area contributed by atoms with E-state index < -0.39 is 5.97 Å². The monoisotopic (exact) mass is 238 g/mol. The molecule has 0 radical (unpaired) electrons. The Bertz CT molecular complexity index is 354. The molecule has 0 N–H and O–H groups in total. The Morgan fingerprint density at radius 1 is 1.18 bits per heavy atom. The lowest BCUT2D eigenvalue weighted by molar-refractivity contribution is -0.185. The zero-order valence-corrected chi connectivity index (χ0v) is 9.42. The van der Waals surface area contributed by atoms with Crippen molar-refractivity contribution in [2.24, 2.45) is 0 Å². The van der Waals surface area contributed by atoms with Crippen LogP contribution in [0.2, 0.25) is 0 Å². The van der Waals surface area contributed by atoms with Gasteiger partial charge in [-0.25, -0.2) is 0 Å². The number of carbonyl (C=O) groups is 3. The molecule has 0 aromatic heterocycles. The van der Waals surface area contributed by atoms with Gasteiger partial charge in [-0.15, -0.1) is 5.06 Å². The fraction of sp³-hybridized carbons (Fsp3) is 0.545. The van der Waals surface area contributed by atoms with Crippen LogP contribution in [0.25, 0.3) is 0 Å². The van der Waals surface area contributed by atoms with Gasteiger partial charge in [-0.05, 0) is 12.8 Å². The summed E-state index contributed by atoms with van der Waals surface area (Å²) in [7, 11) is 0. The van der Waals surface area contributed by atoms with Crippen LogP contribution >= 0.6 is 0 Å². The molecule has 0 spiro atoms. The van der Waals surface area contributed by atoms with Gasteiger partial charge in [-0.1, -0.05) is 0 Å². The van der Waals surface area contributed by atoms with Crippen LogP contribution < -0.4 is 0 Å². The number of nitrogens with zero attached hydrogens (tertiary/aromatic N) is 2. The predicted molar refractivity (Wildman–Crippen MR) is 57.4 cm³/mol. The van der Waals surface area contributed by atoms with Gasteiger partial charge in [0, 0.05) is 31.8 Å². The molecular formula is C11H14N2O4. The maximum atomic E-state index is 11.4. The van der Waals surface area contributed by atoms with Crippen molar-refractivity contribution in [1.82, 2.24) is 9.96 Å². The van der Waals surface area contributed by atoms with Crippen LogP contribution in [0.15, 0.2) is 12.2 Å². The molecule has 0 aromatic carbocycles. The van der Waals surface area contributed by atoms with Crippen molar-refractivity contribution in [3.8, 4) is 0 Å². The van der Waals surface area contributed by atoms with Gasteiger partial charge in [0.1, 0.15) is 0 Å². The number of hydrogen-bond donors (Lipinski definition) is 0. The first-order chi connectivity index (χ1) is 8.16. The first-order valence-corrected chi connectivity index (χ1v) is 5.66. The summed E-state index contributed by atoms with van der Waals surface area (Å²) in [6.45, 7) is 1.60. The van der Waals surface area contributed by atoms with Gasteiger partial charge >= 0.3 is 5.97 Å². The van der Waals surface area contributed by atoms with Gasteiger partial charge in [0.25, 0.3) is 11.8 Å². The van der Waals surface area contributed by atoms with E-state index in [1.54, 1.807) is 5.06 Å². The van der Waals surface area contributed by atoms with Crippen LogP contribution in [0.5, 0.6) is 0 Å². The molecule has 2 rings (SSSR count). The van der Waals surface area contributed by atoms with Crippen LogP contribution in [-0.4, -0.2) is 47.4 Å². The molecule has 2 heterocycles. The zero-order chi connectivity index (χ0) is 12.3. The average molecular weight is 238 g/mol. The molecule has 0 saturated carbocycles. The quantitative estimate of drug-likeness (QED) is 0.637. The lowest BCUT2D eigenvalue weighted by atomic mass is 10.4. The Morgan fingerprint density at radius 2 is 1.76 bits per heavy atom. The third kappa shape index (κ3) is 2.91. The number of imide groups is 1. The number of amides is 2. The summed E-state index contributed by atoms with van der Waals surface area (Å²) >= 11 is 0. The van der Waals surface area contributed by atoms with Gasteiger partial charge in [0.05, 0.1) is 6.42 Å². The van der Waals surface area contributed by atoms with Crippen molar-refractivity contribution in [1.29, 1.82) is 0 Å². The topological polar surface area (TPSA) is 66.9 Å². The molecule has 6 heteroatoms. The van der Waals surface area contributed by atoms with Crippen LogP contribution in [-0.2, 0) is 19.2 Å². The molecule has 1 fully saturated rings. The molecular weight excluding hydrogens is 224 g/mol. The highest BCUT2D eigenvalue weighted by Gasteiger charge is 2.24. The normalized spacial score (nSPS) is 20.4. The fourth-order valence-corrected chi connectivity index (χ4v) is 1.82. The van der Waals surface area contributed by atoms with Gasteiger partial charge in [-0.2, -0.15) is 0 Å². The second-order valence-electron chi connectivity index (χ2n) is 4.01. The number of hydroxylamine groups is 2. The Balaban J connectivity index is 1.72. The molecule has 6 nitrogen and oxygen atoms in total. The van der Waals surface area contributed by atoms with Crippen LogP contribution in [0, 0.1) is 0 Å². The SMILES string of the molecule is O=C(CCN1C(=O)C=CC1=O)ON1CCCC1. The lowest BCUT2D eigenvalue weighted by Crippen LogP contribution is -2.33. The molecule has 2 aliphatic rings. The molecule has 17 heavy (non-hydrogen) atoms. The summed E-state index contributed by atoms with van der Waals surface area (Å²) in [4.78, 5) is 39.9. The van der Waals surface area contributed by atoms with E-state index in [-0.39, 0.29) is 24.8 Å². The summed E-state index contributed by atoms with van der Waals surface area (Å²) in [5, 5.41) is 1.62. The fourth-order valence-electron chi connectivity index (χ4n) is 1.82. The van der Waals surface area contributed by atoms with Crippen LogP contribution in [0.4, 0.5) is 0 Å². The second-order valence-corrected chi connectivity index (χ2v) is 4.01. The van der Waals surface area contributed by atoms with E-state index in [0.29, 0.717) is 0 Å². The second kappa shape index (κ2) is 5.09. The van der Waals surface area contributed by atoms with Crippen molar-refractivity contribution in [3.63, 3.8) is 0 Å². The molecule has 0 unspecified atom stereocenters. The number of carbonyl (C=O) groups excluding carboxylic acids is 3. The molecule has 0 bridgehead atoms. The summed E-state index contributed by atoms with van der Waals surface area (Å²) in [6, 6.07) is 0. The van der Waals surface area contributed by atoms with Crippen LogP contribution in [0.1, 0.15) is 19.3 Å². The Labute approximate surface area is 98.8 Å². The van der Waals surface area contributed by atoms with E-state index >= 15 is 0 Å². The average Bonchev–Trinajstić information content (AvgIpc) is 2.88. The Kier molecular flexibility index (Phi) is 3.53. The summed E-state index contributed by atoms with van der Waals surface area (Å²) in [5.74, 6) is -1.15. The smallest absolute Gasteiger partial charge is 0.326 e. The maximum absolute atomic E-state index is 11.4. The summed E-state index contributed by atoms with van der Waals surface area (Å²) in [5.41, 5.74) is 0. The van der Waals surface area contributed by atoms with E-state index in [0.717, 1.165) is 30.8 Å². The van der Waals surface area contributed by atoms with E-state index in [1.165, 1.54) is 12.2 Å². The highest BCUT2D eigenvalue weighted by atomic mass is 16.7. The minimum Gasteiger partial charge on any atom is -0.368 e. The lowest BCUT2D eigenvalue weighted by Gasteiger charge is -2.16. The Hall–Kier alpha value is -1.69. The molecule has 0 aromatic rings. The Morgan fingerprint density at radius 3 is 2.35 bits per heavy atom. The molecule has 2 aliphatic heterocycles. The van der Waals surface area contributed by atoms with Gasteiger partial charge in [-0.3, -0.25) is 19.3 Å². The predicted octanol–water partition coefficient (Wildman–Crippen LogP) is -0.145. The zero-order valence-electron chi connectivity index (χ0n) is 9.42. The summed E-state index contributed by atoms with van der Waals surface area (Å²) < 4.78 is 0. The minimum atomic E-state index is -0.403. The van der Waals surface area contributed by atoms with Gasteiger partial charge in [0.15, 0.2) is 0 Å². The number of hydrogen-bond acceptors (Lipinski definition) is 5. The van der Waals surface area contributed by atoms with Gasteiger partial charge in [0.2, 0.25) is 0 Å².